The number of fused-ring (bicyclic) bond motifs is 1. The lowest BCUT2D eigenvalue weighted by atomic mass is 10.1. The van der Waals surface area contributed by atoms with E-state index in [1.54, 1.807) is 42.6 Å². The number of rotatable bonds is 8. The second-order valence-electron chi connectivity index (χ2n) is 7.82. The lowest BCUT2D eigenvalue weighted by molar-refractivity contribution is 0.0997. The van der Waals surface area contributed by atoms with Gasteiger partial charge < -0.3 is 25.8 Å². The quantitative estimate of drug-likeness (QED) is 0.323. The topological polar surface area (TPSA) is 133 Å². The van der Waals surface area contributed by atoms with Crippen LogP contribution >= 0.6 is 11.6 Å². The van der Waals surface area contributed by atoms with Gasteiger partial charge in [-0.3, -0.25) is 19.4 Å². The minimum Gasteiger partial charge on any atom is -0.496 e. The molecule has 0 bridgehead atoms. The molecule has 1 amide bonds. The molecule has 1 aromatic heterocycles. The summed E-state index contributed by atoms with van der Waals surface area (Å²) in [7, 11) is 1.44. The van der Waals surface area contributed by atoms with Crippen molar-refractivity contribution in [2.45, 2.75) is 19.9 Å². The van der Waals surface area contributed by atoms with E-state index in [1.165, 1.54) is 7.11 Å². The summed E-state index contributed by atoms with van der Waals surface area (Å²) in [5, 5.41) is 6.72. The molecule has 3 aromatic carbocycles. The van der Waals surface area contributed by atoms with Crippen LogP contribution in [-0.2, 0) is 0 Å². The van der Waals surface area contributed by atoms with Crippen LogP contribution in [0.1, 0.15) is 24.2 Å². The third kappa shape index (κ3) is 4.25. The summed E-state index contributed by atoms with van der Waals surface area (Å²) in [6, 6.07) is 9.65. The Hall–Kier alpha value is -4.11. The summed E-state index contributed by atoms with van der Waals surface area (Å²) in [6.45, 7) is 3.73. The van der Waals surface area contributed by atoms with Gasteiger partial charge in [0.2, 0.25) is 0 Å². The van der Waals surface area contributed by atoms with E-state index < -0.39 is 16.8 Å². The fourth-order valence-corrected chi connectivity index (χ4v) is 3.68. The van der Waals surface area contributed by atoms with Gasteiger partial charge in [0.25, 0.3) is 16.8 Å². The number of carbonyl (C=O) groups is 1. The summed E-state index contributed by atoms with van der Waals surface area (Å²) in [4.78, 5) is 40.0. The van der Waals surface area contributed by atoms with Gasteiger partial charge >= 0.3 is 0 Å². The first-order chi connectivity index (χ1) is 16.2. The molecule has 34 heavy (non-hydrogen) atoms. The van der Waals surface area contributed by atoms with Gasteiger partial charge in [-0.15, -0.1) is 0 Å². The monoisotopic (exact) mass is 480 g/mol. The number of carbonyl (C=O) groups excluding carboxylic acids is 1. The first-order valence-electron chi connectivity index (χ1n) is 10.3. The van der Waals surface area contributed by atoms with Crippen LogP contribution in [0, 0.1) is 0 Å². The molecule has 0 radical (unpaired) electrons. The van der Waals surface area contributed by atoms with E-state index >= 15 is 0 Å². The van der Waals surface area contributed by atoms with E-state index in [0.29, 0.717) is 33.8 Å². The molecule has 4 rings (SSSR count). The molecular weight excluding hydrogens is 460 g/mol. The molecule has 4 aromatic rings. The van der Waals surface area contributed by atoms with Gasteiger partial charge in [0.1, 0.15) is 28.6 Å². The lowest BCUT2D eigenvalue weighted by Crippen LogP contribution is -2.38. The largest absolute Gasteiger partial charge is 0.496 e. The van der Waals surface area contributed by atoms with Crippen molar-refractivity contribution in [1.29, 1.82) is 0 Å². The van der Waals surface area contributed by atoms with Crippen LogP contribution in [0.4, 0.5) is 17.1 Å². The average Bonchev–Trinajstić information content (AvgIpc) is 2.81. The highest BCUT2D eigenvalue weighted by Crippen LogP contribution is 2.36. The number of halogens is 1. The number of primary amides is 1. The lowest BCUT2D eigenvalue weighted by Gasteiger charge is -2.18. The van der Waals surface area contributed by atoms with Crippen LogP contribution in [0.2, 0.25) is 5.02 Å². The number of anilines is 3. The number of benzene rings is 2. The molecule has 4 N–H and O–H groups in total. The highest BCUT2D eigenvalue weighted by atomic mass is 35.5. The van der Waals surface area contributed by atoms with Crippen molar-refractivity contribution in [3.8, 4) is 17.2 Å². The second kappa shape index (κ2) is 9.03. The fraction of sp³-hybridized carbons (Fsp3) is 0.167. The van der Waals surface area contributed by atoms with Gasteiger partial charge in [0, 0.05) is 29.8 Å². The summed E-state index contributed by atoms with van der Waals surface area (Å²) >= 11 is 6.41. The number of nitrogens with two attached hydrogens (primary N) is 1. The number of nitrogens with zero attached hydrogens (tertiary/aromatic N) is 1. The first-order valence-corrected chi connectivity index (χ1v) is 10.7. The second-order valence-corrected chi connectivity index (χ2v) is 8.23. The third-order valence-corrected chi connectivity index (χ3v) is 5.37. The van der Waals surface area contributed by atoms with Gasteiger partial charge in [-0.1, -0.05) is 11.6 Å². The SMILES string of the molecule is COc1cc2nccc(Oc3ccc(Nc4c(NC(C)C)c(=O)c4=O)c(Cl)c3)c2cc1C(N)=O. The zero-order valence-electron chi connectivity index (χ0n) is 18.6. The molecule has 0 unspecified atom stereocenters. The molecule has 174 valence electrons. The Balaban J connectivity index is 1.63. The minimum atomic E-state index is -0.642. The number of aromatic nitrogens is 1. The Morgan fingerprint density at radius 1 is 1.06 bits per heavy atom. The summed E-state index contributed by atoms with van der Waals surface area (Å²) < 4.78 is 11.2. The maximum Gasteiger partial charge on any atom is 0.253 e. The third-order valence-electron chi connectivity index (χ3n) is 5.06. The molecule has 9 nitrogen and oxygen atoms in total. The van der Waals surface area contributed by atoms with Gasteiger partial charge in [-0.05, 0) is 38.1 Å². The van der Waals surface area contributed by atoms with Crippen molar-refractivity contribution in [2.75, 3.05) is 17.7 Å². The summed E-state index contributed by atoms with van der Waals surface area (Å²) in [5.41, 5.74) is 5.89. The Bertz CT molecular complexity index is 1490. The fourth-order valence-electron chi connectivity index (χ4n) is 3.46. The predicted octanol–water partition coefficient (Wildman–Crippen LogP) is 3.95. The number of hydrogen-bond donors (Lipinski definition) is 3. The number of pyridine rings is 1. The van der Waals surface area contributed by atoms with E-state index in [-0.39, 0.29) is 28.0 Å². The molecule has 0 fully saturated rings. The molecule has 0 atom stereocenters. The summed E-state index contributed by atoms with van der Waals surface area (Å²) in [6.07, 6.45) is 1.56. The molecule has 10 heteroatoms. The van der Waals surface area contributed by atoms with Crippen molar-refractivity contribution in [3.63, 3.8) is 0 Å². The molecule has 0 saturated heterocycles. The summed E-state index contributed by atoms with van der Waals surface area (Å²) in [5.74, 6) is 0.507. The molecule has 0 aliphatic carbocycles. The van der Waals surface area contributed by atoms with E-state index in [4.69, 9.17) is 26.8 Å². The molecule has 0 spiro atoms. The highest BCUT2D eigenvalue weighted by Gasteiger charge is 2.22. The van der Waals surface area contributed by atoms with Crippen LogP contribution in [0.25, 0.3) is 10.9 Å². The zero-order valence-corrected chi connectivity index (χ0v) is 19.3. The molecular formula is C24H21ClN4O5. The van der Waals surface area contributed by atoms with Gasteiger partial charge in [0.05, 0.1) is 28.9 Å². The van der Waals surface area contributed by atoms with E-state index in [1.807, 2.05) is 13.8 Å². The molecule has 1 heterocycles. The van der Waals surface area contributed by atoms with E-state index in [2.05, 4.69) is 15.6 Å². The van der Waals surface area contributed by atoms with E-state index in [0.717, 1.165) is 0 Å². The van der Waals surface area contributed by atoms with Crippen molar-refractivity contribution in [3.05, 3.63) is 73.6 Å². The average molecular weight is 481 g/mol. The number of hydrogen-bond acceptors (Lipinski definition) is 8. The smallest absolute Gasteiger partial charge is 0.253 e. The van der Waals surface area contributed by atoms with Gasteiger partial charge in [-0.25, -0.2) is 0 Å². The van der Waals surface area contributed by atoms with Crippen molar-refractivity contribution in [1.82, 2.24) is 4.98 Å². The number of methoxy groups -OCH3 is 1. The maximum absolute atomic E-state index is 12.0. The number of amides is 1. The molecule has 0 aliphatic heterocycles. The van der Waals surface area contributed by atoms with Crippen molar-refractivity contribution in [2.24, 2.45) is 5.73 Å². The van der Waals surface area contributed by atoms with Crippen LogP contribution < -0.4 is 36.7 Å². The normalized spacial score (nSPS) is 11.1. The zero-order chi connectivity index (χ0) is 24.6. The minimum absolute atomic E-state index is 0.0136. The standard InChI is InChI=1S/C24H21ClN4O5/c1-11(2)28-20-21(23(31)22(20)30)29-16-5-4-12(8-15(16)25)34-18-6-7-27-17-10-19(33-3)14(24(26)32)9-13(17)18/h4-11,28-29H,1-3H3,(H2,26,32). The van der Waals surface area contributed by atoms with Crippen molar-refractivity contribution >= 4 is 45.5 Å². The number of nitrogens with one attached hydrogen (secondary N) is 2. The van der Waals surface area contributed by atoms with Gasteiger partial charge in [0.15, 0.2) is 0 Å². The van der Waals surface area contributed by atoms with Crippen LogP contribution in [0.15, 0.2) is 52.2 Å². The predicted molar refractivity (Wildman–Crippen MR) is 132 cm³/mol. The molecule has 0 saturated carbocycles. The molecule has 0 aliphatic rings. The first kappa shape index (κ1) is 23.1. The highest BCUT2D eigenvalue weighted by molar-refractivity contribution is 6.33. The Kier molecular flexibility index (Phi) is 6.12. The Labute approximate surface area is 199 Å². The Morgan fingerprint density at radius 3 is 2.44 bits per heavy atom. The van der Waals surface area contributed by atoms with Crippen LogP contribution in [-0.4, -0.2) is 24.0 Å². The van der Waals surface area contributed by atoms with Gasteiger partial charge in [-0.2, -0.15) is 0 Å². The number of ether oxygens (including phenoxy) is 2. The Morgan fingerprint density at radius 2 is 1.79 bits per heavy atom. The van der Waals surface area contributed by atoms with E-state index in [9.17, 15) is 14.4 Å². The van der Waals surface area contributed by atoms with Crippen molar-refractivity contribution < 1.29 is 14.3 Å². The van der Waals surface area contributed by atoms with Crippen LogP contribution in [0.3, 0.4) is 0 Å². The van der Waals surface area contributed by atoms with Crippen LogP contribution in [0.5, 0.6) is 17.2 Å². The maximum atomic E-state index is 12.0.